The highest BCUT2D eigenvalue weighted by Crippen LogP contribution is 2.22. The molecule has 2 aliphatic heterocycles. The van der Waals surface area contributed by atoms with Crippen molar-refractivity contribution in [2.45, 2.75) is 30.5 Å². The van der Waals surface area contributed by atoms with E-state index in [2.05, 4.69) is 38.8 Å². The number of fused-ring (bicyclic) bond motifs is 1. The molecular weight excluding hydrogens is 418 g/mol. The van der Waals surface area contributed by atoms with Crippen molar-refractivity contribution < 1.29 is 25.2 Å². The summed E-state index contributed by atoms with van der Waals surface area (Å²) in [6.07, 6.45) is -4.61. The van der Waals surface area contributed by atoms with Crippen LogP contribution in [0.2, 0.25) is 0 Å². The fourth-order valence-corrected chi connectivity index (χ4v) is 4.59. The van der Waals surface area contributed by atoms with Gasteiger partial charge in [-0.2, -0.15) is 16.9 Å². The van der Waals surface area contributed by atoms with Crippen LogP contribution in [0.15, 0.2) is 18.3 Å². The van der Waals surface area contributed by atoms with E-state index in [4.69, 9.17) is 4.74 Å². The third-order valence-corrected chi connectivity index (χ3v) is 6.37. The van der Waals surface area contributed by atoms with Gasteiger partial charge in [0.2, 0.25) is 0 Å². The predicted molar refractivity (Wildman–Crippen MR) is 117 cm³/mol. The van der Waals surface area contributed by atoms with E-state index in [1.165, 1.54) is 0 Å². The molecule has 164 valence electrons. The van der Waals surface area contributed by atoms with Crippen molar-refractivity contribution in [3.8, 4) is 23.7 Å². The van der Waals surface area contributed by atoms with Crippen LogP contribution in [-0.4, -0.2) is 104 Å². The van der Waals surface area contributed by atoms with E-state index in [0.29, 0.717) is 5.56 Å². The number of aliphatic hydroxyl groups excluding tert-OH is 4. The Labute approximate surface area is 184 Å². The van der Waals surface area contributed by atoms with Crippen LogP contribution in [0.25, 0.3) is 10.9 Å². The molecule has 0 radical (unpaired) electrons. The Morgan fingerprint density at radius 2 is 1.94 bits per heavy atom. The van der Waals surface area contributed by atoms with E-state index < -0.39 is 37.1 Å². The Balaban J connectivity index is 1.56. The Bertz CT molecular complexity index is 1030. The number of rotatable bonds is 2. The van der Waals surface area contributed by atoms with Gasteiger partial charge < -0.3 is 25.2 Å². The molecular formula is C22H25N3O5S. The van der Waals surface area contributed by atoms with Gasteiger partial charge in [-0.15, -0.1) is 0 Å². The Kier molecular flexibility index (Phi) is 7.16. The molecule has 5 atom stereocenters. The summed E-state index contributed by atoms with van der Waals surface area (Å²) in [5.74, 6) is 14.5. The smallest absolute Gasteiger partial charge is 0.147 e. The molecule has 9 heteroatoms. The molecule has 31 heavy (non-hydrogen) atoms. The van der Waals surface area contributed by atoms with Gasteiger partial charge in [0, 0.05) is 35.5 Å². The third kappa shape index (κ3) is 5.05. The Morgan fingerprint density at radius 3 is 2.71 bits per heavy atom. The first-order valence-electron chi connectivity index (χ1n) is 10.1. The first-order chi connectivity index (χ1) is 15.1. The normalized spacial score (nSPS) is 29.1. The summed E-state index contributed by atoms with van der Waals surface area (Å²) in [6.45, 7) is 2.33. The number of H-pyrrole nitrogens is 1. The lowest BCUT2D eigenvalue weighted by Gasteiger charge is -2.37. The molecule has 0 saturated carbocycles. The average molecular weight is 444 g/mol. The molecule has 4 rings (SSSR count). The van der Waals surface area contributed by atoms with Crippen LogP contribution in [0.3, 0.4) is 0 Å². The number of ether oxygens (including phenoxy) is 1. The van der Waals surface area contributed by atoms with E-state index in [-0.39, 0.29) is 0 Å². The fourth-order valence-electron chi connectivity index (χ4n) is 3.61. The molecule has 2 fully saturated rings. The number of aromatic nitrogens is 2. The highest BCUT2D eigenvalue weighted by atomic mass is 32.2. The molecule has 0 bridgehead atoms. The van der Waals surface area contributed by atoms with Crippen LogP contribution in [-0.2, 0) is 4.74 Å². The lowest BCUT2D eigenvalue weighted by molar-refractivity contribution is -0.214. The van der Waals surface area contributed by atoms with Crippen LogP contribution in [0.1, 0.15) is 11.1 Å². The largest absolute Gasteiger partial charge is 0.394 e. The summed E-state index contributed by atoms with van der Waals surface area (Å²) >= 11 is 1.96. The molecule has 0 spiro atoms. The van der Waals surface area contributed by atoms with Crippen LogP contribution < -0.4 is 0 Å². The Morgan fingerprint density at radius 1 is 1.13 bits per heavy atom. The van der Waals surface area contributed by atoms with Crippen molar-refractivity contribution in [2.24, 2.45) is 0 Å². The highest BCUT2D eigenvalue weighted by Gasteiger charge is 2.42. The minimum absolute atomic E-state index is 0.491. The molecule has 0 amide bonds. The van der Waals surface area contributed by atoms with Crippen molar-refractivity contribution in [3.63, 3.8) is 0 Å². The number of nitrogens with one attached hydrogen (secondary N) is 1. The molecule has 0 aliphatic carbocycles. The second kappa shape index (κ2) is 10.0. The zero-order valence-electron chi connectivity index (χ0n) is 16.9. The van der Waals surface area contributed by atoms with Crippen LogP contribution in [0, 0.1) is 23.7 Å². The minimum Gasteiger partial charge on any atom is -0.394 e. The Hall–Kier alpha value is -2.08. The standard InChI is InChI=1S/C22H25N3O5S/c26-13-18-21(28)22(29)20(27)17(30-18)4-3-15-10-14(11-16-12-23-24-19(15)16)2-1-5-25-6-8-31-9-7-25/h10-12,17-18,20-22,26-29H,5-9,13H2,(H,23,24)/t17?,18?,20?,21-,22?/m1/s1. The SMILES string of the molecule is OCC1OC(C#Cc2cc(C#CCN3CCSCC3)cc3cn[nH]c23)C(O)C(O)[C@@H]1O. The molecule has 1 aromatic carbocycles. The first-order valence-corrected chi connectivity index (χ1v) is 11.3. The number of benzene rings is 1. The maximum absolute atomic E-state index is 10.2. The molecule has 2 aliphatic rings. The lowest BCUT2D eigenvalue weighted by Crippen LogP contribution is -2.58. The van der Waals surface area contributed by atoms with Gasteiger partial charge in [-0.05, 0) is 12.1 Å². The summed E-state index contributed by atoms with van der Waals surface area (Å²) in [5, 5.41) is 47.3. The maximum Gasteiger partial charge on any atom is 0.147 e. The summed E-state index contributed by atoms with van der Waals surface area (Å²) < 4.78 is 5.46. The quantitative estimate of drug-likeness (QED) is 0.381. The molecule has 1 aromatic heterocycles. The van der Waals surface area contributed by atoms with Gasteiger partial charge in [0.05, 0.1) is 30.4 Å². The molecule has 2 aromatic rings. The predicted octanol–water partition coefficient (Wildman–Crippen LogP) is -0.843. The van der Waals surface area contributed by atoms with Gasteiger partial charge in [-0.3, -0.25) is 10.00 Å². The van der Waals surface area contributed by atoms with Crippen LogP contribution in [0.4, 0.5) is 0 Å². The molecule has 2 saturated heterocycles. The number of hydrogen-bond acceptors (Lipinski definition) is 8. The summed E-state index contributed by atoms with van der Waals surface area (Å²) in [4.78, 5) is 2.33. The second-order valence-corrected chi connectivity index (χ2v) is 8.79. The maximum atomic E-state index is 10.2. The van der Waals surface area contributed by atoms with Gasteiger partial charge in [0.25, 0.3) is 0 Å². The van der Waals surface area contributed by atoms with Crippen molar-refractivity contribution in [1.82, 2.24) is 15.1 Å². The van der Waals surface area contributed by atoms with E-state index in [1.54, 1.807) is 6.20 Å². The minimum atomic E-state index is -1.46. The molecule has 3 heterocycles. The van der Waals surface area contributed by atoms with Gasteiger partial charge >= 0.3 is 0 Å². The zero-order chi connectivity index (χ0) is 21.8. The van der Waals surface area contributed by atoms with Gasteiger partial charge in [-0.1, -0.05) is 23.7 Å². The van der Waals surface area contributed by atoms with Crippen molar-refractivity contribution in [3.05, 3.63) is 29.5 Å². The number of thioether (sulfide) groups is 1. The fraction of sp³-hybridized carbons (Fsp3) is 0.500. The highest BCUT2D eigenvalue weighted by molar-refractivity contribution is 7.99. The molecule has 5 N–H and O–H groups in total. The van der Waals surface area contributed by atoms with Crippen molar-refractivity contribution in [2.75, 3.05) is 37.7 Å². The van der Waals surface area contributed by atoms with Crippen LogP contribution in [0.5, 0.6) is 0 Å². The van der Waals surface area contributed by atoms with Gasteiger partial charge in [0.15, 0.2) is 0 Å². The summed E-state index contributed by atoms with van der Waals surface area (Å²) in [5.41, 5.74) is 2.17. The van der Waals surface area contributed by atoms with Crippen LogP contribution >= 0.6 is 11.8 Å². The number of hydrogen-bond donors (Lipinski definition) is 5. The second-order valence-electron chi connectivity index (χ2n) is 7.57. The number of aliphatic hydroxyl groups is 4. The van der Waals surface area contributed by atoms with Crippen molar-refractivity contribution in [1.29, 1.82) is 0 Å². The van der Waals surface area contributed by atoms with E-state index in [9.17, 15) is 20.4 Å². The first kappa shape index (κ1) is 22.1. The monoisotopic (exact) mass is 443 g/mol. The molecule has 8 nitrogen and oxygen atoms in total. The summed E-state index contributed by atoms with van der Waals surface area (Å²) in [7, 11) is 0. The number of aromatic amines is 1. The molecule has 4 unspecified atom stereocenters. The van der Waals surface area contributed by atoms with E-state index >= 15 is 0 Å². The number of nitrogens with zero attached hydrogens (tertiary/aromatic N) is 2. The summed E-state index contributed by atoms with van der Waals surface area (Å²) in [6, 6.07) is 3.79. The van der Waals surface area contributed by atoms with Gasteiger partial charge in [0.1, 0.15) is 30.5 Å². The van der Waals surface area contributed by atoms with Crippen molar-refractivity contribution >= 4 is 22.7 Å². The van der Waals surface area contributed by atoms with E-state index in [0.717, 1.165) is 47.6 Å². The zero-order valence-corrected chi connectivity index (χ0v) is 17.7. The third-order valence-electron chi connectivity index (χ3n) is 5.43. The van der Waals surface area contributed by atoms with E-state index in [1.807, 2.05) is 23.9 Å². The lowest BCUT2D eigenvalue weighted by atomic mass is 9.95. The topological polar surface area (TPSA) is 122 Å². The average Bonchev–Trinajstić information content (AvgIpc) is 3.26. The van der Waals surface area contributed by atoms with Gasteiger partial charge in [-0.25, -0.2) is 0 Å².